The molecule has 0 spiro atoms. The van der Waals surface area contributed by atoms with Gasteiger partial charge in [-0.15, -0.1) is 0 Å². The fraction of sp³-hybridized carbons (Fsp3) is 0.562. The Labute approximate surface area is 127 Å². The van der Waals surface area contributed by atoms with Crippen LogP contribution in [0.25, 0.3) is 0 Å². The highest BCUT2D eigenvalue weighted by Crippen LogP contribution is 2.06. The Morgan fingerprint density at radius 1 is 1.29 bits per heavy atom. The number of rotatable bonds is 7. The molecule has 118 valence electrons. The molecular formula is C16H27FN4. The first-order chi connectivity index (χ1) is 10.1. The van der Waals surface area contributed by atoms with E-state index in [-0.39, 0.29) is 5.82 Å². The molecule has 0 radical (unpaired) electrons. The maximum Gasteiger partial charge on any atom is 0.194 e. The average molecular weight is 294 g/mol. The van der Waals surface area contributed by atoms with Crippen molar-refractivity contribution in [3.05, 3.63) is 35.6 Å². The van der Waals surface area contributed by atoms with Gasteiger partial charge in [-0.05, 0) is 38.2 Å². The second kappa shape index (κ2) is 9.34. The van der Waals surface area contributed by atoms with E-state index < -0.39 is 0 Å². The molecule has 5 heteroatoms. The van der Waals surface area contributed by atoms with Crippen molar-refractivity contribution in [3.63, 3.8) is 0 Å². The van der Waals surface area contributed by atoms with Crippen LogP contribution < -0.4 is 5.32 Å². The molecule has 0 aromatic heterocycles. The SMILES string of the molecule is CCNC(=NCCN(C)CC)N(C)Cc1cccc(F)c1. The van der Waals surface area contributed by atoms with Crippen LogP contribution >= 0.6 is 0 Å². The molecule has 0 bridgehead atoms. The minimum absolute atomic E-state index is 0.201. The molecule has 0 aliphatic carbocycles. The van der Waals surface area contributed by atoms with E-state index >= 15 is 0 Å². The van der Waals surface area contributed by atoms with Crippen molar-refractivity contribution in [1.82, 2.24) is 15.1 Å². The molecular weight excluding hydrogens is 267 g/mol. The third kappa shape index (κ3) is 6.58. The normalized spacial score (nSPS) is 11.8. The van der Waals surface area contributed by atoms with Gasteiger partial charge < -0.3 is 15.1 Å². The number of nitrogens with one attached hydrogen (secondary N) is 1. The number of halogens is 1. The fourth-order valence-electron chi connectivity index (χ4n) is 1.94. The van der Waals surface area contributed by atoms with Crippen molar-refractivity contribution >= 4 is 5.96 Å². The molecule has 0 aliphatic heterocycles. The monoisotopic (exact) mass is 294 g/mol. The third-order valence-corrected chi connectivity index (χ3v) is 3.29. The Balaban J connectivity index is 2.63. The van der Waals surface area contributed by atoms with Gasteiger partial charge in [-0.25, -0.2) is 4.39 Å². The van der Waals surface area contributed by atoms with Crippen LogP contribution in [-0.2, 0) is 6.54 Å². The van der Waals surface area contributed by atoms with Gasteiger partial charge in [0, 0.05) is 26.7 Å². The summed E-state index contributed by atoms with van der Waals surface area (Å²) in [7, 11) is 4.05. The summed E-state index contributed by atoms with van der Waals surface area (Å²) < 4.78 is 13.2. The summed E-state index contributed by atoms with van der Waals surface area (Å²) in [6.07, 6.45) is 0. The summed E-state index contributed by atoms with van der Waals surface area (Å²) in [4.78, 5) is 8.86. The Kier molecular flexibility index (Phi) is 7.75. The smallest absolute Gasteiger partial charge is 0.194 e. The van der Waals surface area contributed by atoms with Gasteiger partial charge in [-0.1, -0.05) is 19.1 Å². The highest BCUT2D eigenvalue weighted by molar-refractivity contribution is 5.79. The topological polar surface area (TPSA) is 30.9 Å². The van der Waals surface area contributed by atoms with Crippen LogP contribution in [0, 0.1) is 5.82 Å². The van der Waals surface area contributed by atoms with Gasteiger partial charge in [0.15, 0.2) is 5.96 Å². The largest absolute Gasteiger partial charge is 0.357 e. The first-order valence-corrected chi connectivity index (χ1v) is 7.49. The number of aliphatic imine (C=N–C) groups is 1. The van der Waals surface area contributed by atoms with E-state index in [1.54, 1.807) is 12.1 Å². The van der Waals surface area contributed by atoms with Gasteiger partial charge in [-0.2, -0.15) is 0 Å². The van der Waals surface area contributed by atoms with E-state index in [0.29, 0.717) is 6.54 Å². The summed E-state index contributed by atoms with van der Waals surface area (Å²) in [5.41, 5.74) is 0.939. The zero-order valence-corrected chi connectivity index (χ0v) is 13.6. The zero-order chi connectivity index (χ0) is 15.7. The van der Waals surface area contributed by atoms with E-state index in [0.717, 1.165) is 37.7 Å². The van der Waals surface area contributed by atoms with Crippen molar-refractivity contribution in [3.8, 4) is 0 Å². The predicted octanol–water partition coefficient (Wildman–Crippen LogP) is 2.17. The Bertz CT molecular complexity index is 448. The zero-order valence-electron chi connectivity index (χ0n) is 13.6. The van der Waals surface area contributed by atoms with Gasteiger partial charge in [-0.3, -0.25) is 4.99 Å². The number of hydrogen-bond donors (Lipinski definition) is 1. The van der Waals surface area contributed by atoms with Gasteiger partial charge in [0.1, 0.15) is 5.82 Å². The minimum atomic E-state index is -0.201. The van der Waals surface area contributed by atoms with E-state index in [1.165, 1.54) is 6.07 Å². The molecule has 0 unspecified atom stereocenters. The van der Waals surface area contributed by atoms with E-state index in [2.05, 4.69) is 29.2 Å². The van der Waals surface area contributed by atoms with Crippen LogP contribution in [0.1, 0.15) is 19.4 Å². The van der Waals surface area contributed by atoms with Gasteiger partial charge in [0.2, 0.25) is 0 Å². The number of hydrogen-bond acceptors (Lipinski definition) is 2. The third-order valence-electron chi connectivity index (χ3n) is 3.29. The quantitative estimate of drug-likeness (QED) is 0.618. The highest BCUT2D eigenvalue weighted by Gasteiger charge is 2.07. The summed E-state index contributed by atoms with van der Waals surface area (Å²) in [6.45, 7) is 8.32. The van der Waals surface area contributed by atoms with Crippen LogP contribution in [-0.4, -0.2) is 56.0 Å². The van der Waals surface area contributed by atoms with Gasteiger partial charge >= 0.3 is 0 Å². The molecule has 0 saturated heterocycles. The summed E-state index contributed by atoms with van der Waals surface area (Å²) in [5, 5.41) is 3.27. The van der Waals surface area contributed by atoms with Crippen LogP contribution in [0.5, 0.6) is 0 Å². The van der Waals surface area contributed by atoms with Gasteiger partial charge in [0.05, 0.1) is 6.54 Å². The van der Waals surface area contributed by atoms with E-state index in [4.69, 9.17) is 0 Å². The summed E-state index contributed by atoms with van der Waals surface area (Å²) >= 11 is 0. The van der Waals surface area contributed by atoms with Crippen LogP contribution in [0.4, 0.5) is 4.39 Å². The van der Waals surface area contributed by atoms with Gasteiger partial charge in [0.25, 0.3) is 0 Å². The number of guanidine groups is 1. The molecule has 0 saturated carbocycles. The Morgan fingerprint density at radius 2 is 2.05 bits per heavy atom. The Morgan fingerprint density at radius 3 is 2.67 bits per heavy atom. The number of likely N-dealkylation sites (N-methyl/N-ethyl adjacent to an activating group) is 1. The molecule has 0 atom stereocenters. The van der Waals surface area contributed by atoms with Crippen molar-refractivity contribution in [2.45, 2.75) is 20.4 Å². The lowest BCUT2D eigenvalue weighted by atomic mass is 10.2. The summed E-state index contributed by atoms with van der Waals surface area (Å²) in [5.74, 6) is 0.652. The predicted molar refractivity (Wildman–Crippen MR) is 87.0 cm³/mol. The molecule has 0 heterocycles. The maximum absolute atomic E-state index is 13.2. The minimum Gasteiger partial charge on any atom is -0.357 e. The van der Waals surface area contributed by atoms with Crippen molar-refractivity contribution < 1.29 is 4.39 Å². The number of nitrogens with zero attached hydrogens (tertiary/aromatic N) is 3. The lowest BCUT2D eigenvalue weighted by Gasteiger charge is -2.22. The maximum atomic E-state index is 13.2. The van der Waals surface area contributed by atoms with Crippen molar-refractivity contribution in [2.24, 2.45) is 4.99 Å². The second-order valence-electron chi connectivity index (χ2n) is 5.12. The molecule has 1 aromatic rings. The average Bonchev–Trinajstić information content (AvgIpc) is 2.46. The molecule has 4 nitrogen and oxygen atoms in total. The van der Waals surface area contributed by atoms with Crippen molar-refractivity contribution in [1.29, 1.82) is 0 Å². The fourth-order valence-corrected chi connectivity index (χ4v) is 1.94. The highest BCUT2D eigenvalue weighted by atomic mass is 19.1. The Hall–Kier alpha value is -1.62. The van der Waals surface area contributed by atoms with Crippen LogP contribution in [0.15, 0.2) is 29.3 Å². The molecule has 21 heavy (non-hydrogen) atoms. The summed E-state index contributed by atoms with van der Waals surface area (Å²) in [6, 6.07) is 6.68. The molecule has 0 fully saturated rings. The molecule has 1 N–H and O–H groups in total. The first kappa shape index (κ1) is 17.4. The van der Waals surface area contributed by atoms with Crippen LogP contribution in [0.2, 0.25) is 0 Å². The standard InChI is InChI=1S/C16H27FN4/c1-5-18-16(19-10-11-20(3)6-2)21(4)13-14-8-7-9-15(17)12-14/h7-9,12H,5-6,10-11,13H2,1-4H3,(H,18,19). The van der Waals surface area contributed by atoms with E-state index in [1.807, 2.05) is 24.9 Å². The second-order valence-corrected chi connectivity index (χ2v) is 5.12. The lowest BCUT2D eigenvalue weighted by Crippen LogP contribution is -2.39. The van der Waals surface area contributed by atoms with Crippen LogP contribution in [0.3, 0.4) is 0 Å². The number of benzene rings is 1. The molecule has 0 amide bonds. The first-order valence-electron chi connectivity index (χ1n) is 7.49. The van der Waals surface area contributed by atoms with E-state index in [9.17, 15) is 4.39 Å². The molecule has 1 aromatic carbocycles. The molecule has 0 aliphatic rings. The molecule has 1 rings (SSSR count). The lowest BCUT2D eigenvalue weighted by molar-refractivity contribution is 0.361. The van der Waals surface area contributed by atoms with Crippen molar-refractivity contribution in [2.75, 3.05) is 40.3 Å².